The second-order valence-electron chi connectivity index (χ2n) is 9.04. The Labute approximate surface area is 233 Å². The number of hydrazone groups is 1. The van der Waals surface area contributed by atoms with E-state index < -0.39 is 0 Å². The van der Waals surface area contributed by atoms with Crippen LogP contribution in [0, 0.1) is 13.8 Å². The fourth-order valence-corrected chi connectivity index (χ4v) is 4.79. The fraction of sp³-hybridized carbons (Fsp3) is 0.107. The van der Waals surface area contributed by atoms with Gasteiger partial charge in [-0.05, 0) is 65.1 Å². The summed E-state index contributed by atoms with van der Waals surface area (Å²) in [6.07, 6.45) is 3.78. The molecule has 0 saturated carbocycles. The van der Waals surface area contributed by atoms with Gasteiger partial charge in [-0.1, -0.05) is 59.6 Å². The first kappa shape index (κ1) is 24.8. The summed E-state index contributed by atoms with van der Waals surface area (Å²) in [6, 6.07) is 19.7. The number of nitrogens with zero attached hydrogens (tertiary/aromatic N) is 6. The molecule has 0 atom stereocenters. The summed E-state index contributed by atoms with van der Waals surface area (Å²) in [4.78, 5) is 9.05. The molecule has 0 amide bonds. The largest absolute Gasteiger partial charge is 0.342 e. The zero-order chi connectivity index (χ0) is 26.9. The van der Waals surface area contributed by atoms with Gasteiger partial charge in [0.15, 0.2) is 11.6 Å². The third kappa shape index (κ3) is 5.01. The summed E-state index contributed by atoms with van der Waals surface area (Å²) in [6.45, 7) is 4.68. The van der Waals surface area contributed by atoms with E-state index in [-0.39, 0.29) is 5.65 Å². The molecule has 6 rings (SSSR count). The molecular weight excluding hydrogens is 535 g/mol. The molecule has 11 heteroatoms. The van der Waals surface area contributed by atoms with Crippen LogP contribution in [0.15, 0.2) is 76.6 Å². The van der Waals surface area contributed by atoms with E-state index in [4.69, 9.17) is 27.8 Å². The topological polar surface area (TPSA) is 106 Å². The van der Waals surface area contributed by atoms with E-state index >= 15 is 0 Å². The maximum absolute atomic E-state index is 6.44. The molecule has 0 aliphatic rings. The monoisotopic (exact) mass is 556 g/mol. The summed E-state index contributed by atoms with van der Waals surface area (Å²) in [5, 5.41) is 17.7. The van der Waals surface area contributed by atoms with E-state index in [1.54, 1.807) is 12.3 Å². The third-order valence-corrected chi connectivity index (χ3v) is 7.11. The number of aryl methyl sites for hydroxylation is 1. The van der Waals surface area contributed by atoms with Gasteiger partial charge in [0.05, 0.1) is 6.21 Å². The van der Waals surface area contributed by atoms with Crippen LogP contribution >= 0.6 is 23.2 Å². The van der Waals surface area contributed by atoms with E-state index in [0.29, 0.717) is 33.9 Å². The number of hydrogen-bond acceptors (Lipinski definition) is 8. The molecule has 0 aliphatic carbocycles. The molecule has 3 aromatic carbocycles. The number of anilines is 3. The first-order valence-electron chi connectivity index (χ1n) is 12.1. The van der Waals surface area contributed by atoms with Gasteiger partial charge in [0.1, 0.15) is 0 Å². The van der Waals surface area contributed by atoms with Crippen LogP contribution in [0.1, 0.15) is 22.3 Å². The van der Waals surface area contributed by atoms with Crippen molar-refractivity contribution in [1.29, 1.82) is 0 Å². The molecule has 39 heavy (non-hydrogen) atoms. The van der Waals surface area contributed by atoms with Crippen molar-refractivity contribution < 1.29 is 4.63 Å². The predicted octanol–water partition coefficient (Wildman–Crippen LogP) is 7.13. The zero-order valence-electron chi connectivity index (χ0n) is 21.0. The molecule has 2 N–H and O–H groups in total. The number of aromatic nitrogens is 5. The number of fused-ring (bicyclic) bond motifs is 2. The van der Waals surface area contributed by atoms with Gasteiger partial charge >= 0.3 is 0 Å². The highest BCUT2D eigenvalue weighted by molar-refractivity contribution is 6.35. The summed E-state index contributed by atoms with van der Waals surface area (Å²) in [5.74, 6) is 0.830. The Morgan fingerprint density at radius 3 is 2.56 bits per heavy atom. The van der Waals surface area contributed by atoms with Gasteiger partial charge in [-0.2, -0.15) is 10.1 Å². The number of para-hydroxylation sites is 1. The predicted molar refractivity (Wildman–Crippen MR) is 155 cm³/mol. The number of halogens is 2. The van der Waals surface area contributed by atoms with Crippen LogP contribution in [-0.4, -0.2) is 31.1 Å². The number of hydrogen-bond donors (Lipinski definition) is 2. The van der Waals surface area contributed by atoms with E-state index in [2.05, 4.69) is 65.8 Å². The minimum atomic E-state index is 0.274. The summed E-state index contributed by atoms with van der Waals surface area (Å²) in [7, 11) is 0. The second kappa shape index (κ2) is 10.4. The molecule has 0 spiro atoms. The standard InChI is InChI=1S/C28H22Cl2N8O/c1-16-6-5-8-23(17(16)2)32-25-26(34-28-27(33-25)36-39-37-28)35-31-13-19-15-38(24-9-4-3-7-21(19)24)14-18-10-11-20(29)12-22(18)30/h3-13,15H,14H2,1-2H3,(H,32,33,36)(H,34,35,37)/b31-13+. The fourth-order valence-electron chi connectivity index (χ4n) is 4.32. The van der Waals surface area contributed by atoms with E-state index in [0.717, 1.165) is 38.8 Å². The highest BCUT2D eigenvalue weighted by atomic mass is 35.5. The average Bonchev–Trinajstić information content (AvgIpc) is 3.52. The molecule has 3 aromatic heterocycles. The average molecular weight is 557 g/mol. The van der Waals surface area contributed by atoms with Crippen molar-refractivity contribution in [3.05, 3.63) is 99.2 Å². The smallest absolute Gasteiger partial charge is 0.245 e. The van der Waals surface area contributed by atoms with E-state index in [1.807, 2.05) is 49.5 Å². The Morgan fingerprint density at radius 1 is 0.949 bits per heavy atom. The first-order chi connectivity index (χ1) is 19.0. The van der Waals surface area contributed by atoms with Crippen LogP contribution in [0.4, 0.5) is 17.3 Å². The first-order valence-corrected chi connectivity index (χ1v) is 12.9. The molecule has 9 nitrogen and oxygen atoms in total. The van der Waals surface area contributed by atoms with Crippen molar-refractivity contribution in [2.75, 3.05) is 10.7 Å². The van der Waals surface area contributed by atoms with Crippen molar-refractivity contribution in [1.82, 2.24) is 24.8 Å². The molecule has 6 aromatic rings. The summed E-state index contributed by atoms with van der Waals surface area (Å²) < 4.78 is 6.95. The molecule has 0 saturated heterocycles. The molecular formula is C28H22Cl2N8O. The summed E-state index contributed by atoms with van der Waals surface area (Å²) >= 11 is 12.5. The zero-order valence-corrected chi connectivity index (χ0v) is 22.5. The van der Waals surface area contributed by atoms with E-state index in [9.17, 15) is 0 Å². The van der Waals surface area contributed by atoms with Crippen LogP contribution in [0.25, 0.3) is 22.2 Å². The minimum Gasteiger partial charge on any atom is -0.342 e. The maximum Gasteiger partial charge on any atom is 0.245 e. The highest BCUT2D eigenvalue weighted by Gasteiger charge is 2.14. The van der Waals surface area contributed by atoms with Gasteiger partial charge < -0.3 is 9.88 Å². The Morgan fingerprint density at radius 2 is 1.74 bits per heavy atom. The Kier molecular flexibility index (Phi) is 6.60. The molecule has 0 bridgehead atoms. The van der Waals surface area contributed by atoms with Gasteiger partial charge in [-0.3, -0.25) is 5.43 Å². The normalized spacial score (nSPS) is 11.6. The SMILES string of the molecule is Cc1cccc(Nc2nc3nonc3nc2N/N=C/c2cn(Cc3ccc(Cl)cc3Cl)c3ccccc23)c1C. The van der Waals surface area contributed by atoms with Crippen LogP contribution in [0.5, 0.6) is 0 Å². The lowest BCUT2D eigenvalue weighted by molar-refractivity contribution is 0.314. The van der Waals surface area contributed by atoms with E-state index in [1.165, 1.54) is 0 Å². The lowest BCUT2D eigenvalue weighted by Crippen LogP contribution is -2.04. The molecule has 0 fully saturated rings. The van der Waals surface area contributed by atoms with Crippen molar-refractivity contribution >= 4 is 68.9 Å². The Bertz CT molecular complexity index is 1860. The third-order valence-electron chi connectivity index (χ3n) is 6.52. The molecule has 0 aliphatic heterocycles. The quantitative estimate of drug-likeness (QED) is 0.159. The number of benzene rings is 3. The van der Waals surface area contributed by atoms with Crippen LogP contribution in [0.2, 0.25) is 10.0 Å². The minimum absolute atomic E-state index is 0.274. The van der Waals surface area contributed by atoms with Crippen LogP contribution < -0.4 is 10.7 Å². The van der Waals surface area contributed by atoms with Crippen molar-refractivity contribution in [2.45, 2.75) is 20.4 Å². The van der Waals surface area contributed by atoms with Crippen LogP contribution in [0.3, 0.4) is 0 Å². The Hall–Kier alpha value is -4.47. The van der Waals surface area contributed by atoms with Gasteiger partial charge in [0.25, 0.3) is 0 Å². The summed E-state index contributed by atoms with van der Waals surface area (Å²) in [5.41, 5.74) is 9.67. The van der Waals surface area contributed by atoms with Gasteiger partial charge in [0.2, 0.25) is 11.3 Å². The maximum atomic E-state index is 6.44. The van der Waals surface area contributed by atoms with Crippen molar-refractivity contribution in [3.63, 3.8) is 0 Å². The van der Waals surface area contributed by atoms with Crippen LogP contribution in [-0.2, 0) is 6.54 Å². The van der Waals surface area contributed by atoms with Crippen molar-refractivity contribution in [3.8, 4) is 0 Å². The van der Waals surface area contributed by atoms with Gasteiger partial charge in [0, 0.05) is 44.9 Å². The van der Waals surface area contributed by atoms with Crippen molar-refractivity contribution in [2.24, 2.45) is 5.10 Å². The Balaban J connectivity index is 1.31. The molecule has 3 heterocycles. The van der Waals surface area contributed by atoms with Gasteiger partial charge in [-0.25, -0.2) is 9.61 Å². The second-order valence-corrected chi connectivity index (χ2v) is 9.88. The molecule has 0 unspecified atom stereocenters. The molecule has 0 radical (unpaired) electrons. The number of rotatable bonds is 7. The molecule has 194 valence electrons. The number of nitrogens with one attached hydrogen (secondary N) is 2. The lowest BCUT2D eigenvalue weighted by atomic mass is 10.1. The highest BCUT2D eigenvalue weighted by Crippen LogP contribution is 2.28. The lowest BCUT2D eigenvalue weighted by Gasteiger charge is -2.12. The van der Waals surface area contributed by atoms with Gasteiger partial charge in [-0.15, -0.1) is 0 Å².